The number of morpholine rings is 1. The van der Waals surface area contributed by atoms with Crippen LogP contribution in [0.25, 0.3) is 0 Å². The lowest BCUT2D eigenvalue weighted by molar-refractivity contribution is -0.139. The molecule has 0 radical (unpaired) electrons. The molecule has 1 fully saturated rings. The smallest absolute Gasteiger partial charge is 0.245 e. The van der Waals surface area contributed by atoms with Crippen LogP contribution in [0.2, 0.25) is 0 Å². The van der Waals surface area contributed by atoms with Crippen molar-refractivity contribution in [3.63, 3.8) is 0 Å². The van der Waals surface area contributed by atoms with E-state index in [1.54, 1.807) is 11.8 Å². The number of hydrogen-bond acceptors (Lipinski definition) is 4. The highest BCUT2D eigenvalue weighted by atomic mass is 16.5. The lowest BCUT2D eigenvalue weighted by Crippen LogP contribution is -2.50. The van der Waals surface area contributed by atoms with Crippen LogP contribution in [0.3, 0.4) is 0 Å². The molecule has 6 nitrogen and oxygen atoms in total. The molecule has 116 valence electrons. The molecule has 1 heterocycles. The van der Waals surface area contributed by atoms with Crippen LogP contribution >= 0.6 is 0 Å². The maximum Gasteiger partial charge on any atom is 0.245 e. The first-order valence-electron chi connectivity index (χ1n) is 7.20. The molecule has 0 spiro atoms. The van der Waals surface area contributed by atoms with E-state index in [0.29, 0.717) is 39.3 Å². The Balaban J connectivity index is 2.28. The lowest BCUT2D eigenvalue weighted by Gasteiger charge is -2.29. The summed E-state index contributed by atoms with van der Waals surface area (Å²) < 4.78 is 5.21. The van der Waals surface area contributed by atoms with E-state index in [9.17, 15) is 9.59 Å². The van der Waals surface area contributed by atoms with Gasteiger partial charge in [-0.2, -0.15) is 0 Å². The average Bonchev–Trinajstić information content (AvgIpc) is 2.37. The third-order valence-electron chi connectivity index (χ3n) is 3.08. The number of rotatable bonds is 5. The highest BCUT2D eigenvalue weighted by Gasteiger charge is 2.23. The highest BCUT2D eigenvalue weighted by molar-refractivity contribution is 5.87. The van der Waals surface area contributed by atoms with E-state index in [4.69, 9.17) is 4.74 Å². The number of carbonyl (C=O) groups excluding carboxylic acids is 2. The van der Waals surface area contributed by atoms with Crippen LogP contribution in [-0.2, 0) is 14.3 Å². The second-order valence-corrected chi connectivity index (χ2v) is 6.15. The first kappa shape index (κ1) is 16.9. The molecule has 2 N–H and O–H groups in total. The third-order valence-corrected chi connectivity index (χ3v) is 3.08. The fraction of sp³-hybridized carbons (Fsp3) is 0.857. The Morgan fingerprint density at radius 3 is 2.40 bits per heavy atom. The molecule has 0 aromatic heterocycles. The monoisotopic (exact) mass is 285 g/mol. The quantitative estimate of drug-likeness (QED) is 0.753. The zero-order chi connectivity index (χ0) is 15.2. The van der Waals surface area contributed by atoms with Gasteiger partial charge >= 0.3 is 0 Å². The standard InChI is InChI=1S/C14H27N3O3/c1-11(13(19)17-7-9-20-10-8-17)16-12(18)5-6-15-14(2,3)4/h11,15H,5-10H2,1-4H3,(H,16,18). The van der Waals surface area contributed by atoms with Crippen LogP contribution in [0.1, 0.15) is 34.1 Å². The third kappa shape index (κ3) is 6.34. The molecule has 1 saturated heterocycles. The Labute approximate surface area is 121 Å². The lowest BCUT2D eigenvalue weighted by atomic mass is 10.1. The zero-order valence-electron chi connectivity index (χ0n) is 13.0. The topological polar surface area (TPSA) is 70.7 Å². The van der Waals surface area contributed by atoms with E-state index in [2.05, 4.69) is 31.4 Å². The summed E-state index contributed by atoms with van der Waals surface area (Å²) in [5.41, 5.74) is -0.00445. The largest absolute Gasteiger partial charge is 0.378 e. The second-order valence-electron chi connectivity index (χ2n) is 6.15. The van der Waals surface area contributed by atoms with Crippen molar-refractivity contribution < 1.29 is 14.3 Å². The molecule has 6 heteroatoms. The molecular formula is C14H27N3O3. The number of ether oxygens (including phenoxy) is 1. The van der Waals surface area contributed by atoms with E-state index in [0.717, 1.165) is 0 Å². The summed E-state index contributed by atoms with van der Waals surface area (Å²) in [7, 11) is 0. The van der Waals surface area contributed by atoms with E-state index >= 15 is 0 Å². The predicted molar refractivity (Wildman–Crippen MR) is 77.4 cm³/mol. The Kier molecular flexibility index (Phi) is 6.42. The minimum absolute atomic E-state index is 0.00445. The summed E-state index contributed by atoms with van der Waals surface area (Å²) in [6.07, 6.45) is 0.373. The molecule has 0 aliphatic carbocycles. The molecule has 20 heavy (non-hydrogen) atoms. The van der Waals surface area contributed by atoms with Crippen molar-refractivity contribution in [1.29, 1.82) is 0 Å². The fourth-order valence-electron chi connectivity index (χ4n) is 1.98. The molecule has 1 unspecified atom stereocenters. The molecule has 0 bridgehead atoms. The van der Waals surface area contributed by atoms with Gasteiger partial charge in [-0.3, -0.25) is 9.59 Å². The van der Waals surface area contributed by atoms with Gasteiger partial charge in [-0.25, -0.2) is 0 Å². The Bertz CT molecular complexity index is 333. The summed E-state index contributed by atoms with van der Waals surface area (Å²) >= 11 is 0. The van der Waals surface area contributed by atoms with E-state index in [-0.39, 0.29) is 17.4 Å². The Morgan fingerprint density at radius 1 is 1.25 bits per heavy atom. The summed E-state index contributed by atoms with van der Waals surface area (Å²) in [5.74, 6) is -0.138. The van der Waals surface area contributed by atoms with Crippen molar-refractivity contribution in [3.05, 3.63) is 0 Å². The minimum atomic E-state index is -0.477. The van der Waals surface area contributed by atoms with Gasteiger partial charge in [-0.15, -0.1) is 0 Å². The van der Waals surface area contributed by atoms with E-state index in [1.807, 2.05) is 0 Å². The van der Waals surface area contributed by atoms with Gasteiger partial charge in [-0.05, 0) is 27.7 Å². The van der Waals surface area contributed by atoms with E-state index in [1.165, 1.54) is 0 Å². The zero-order valence-corrected chi connectivity index (χ0v) is 13.0. The first-order valence-corrected chi connectivity index (χ1v) is 7.20. The minimum Gasteiger partial charge on any atom is -0.378 e. The van der Waals surface area contributed by atoms with Crippen molar-refractivity contribution in [2.24, 2.45) is 0 Å². The summed E-state index contributed by atoms with van der Waals surface area (Å²) in [5, 5.41) is 6.00. The molecule has 1 rings (SSSR count). The maximum atomic E-state index is 12.1. The molecule has 1 atom stereocenters. The molecule has 0 aromatic rings. The number of amides is 2. The maximum absolute atomic E-state index is 12.1. The number of hydrogen-bond donors (Lipinski definition) is 2. The van der Waals surface area contributed by atoms with Crippen LogP contribution in [0.5, 0.6) is 0 Å². The molecule has 1 aliphatic rings. The van der Waals surface area contributed by atoms with Gasteiger partial charge in [0.05, 0.1) is 13.2 Å². The van der Waals surface area contributed by atoms with Gasteiger partial charge in [0.25, 0.3) is 0 Å². The van der Waals surface area contributed by atoms with Crippen LogP contribution in [0, 0.1) is 0 Å². The van der Waals surface area contributed by atoms with E-state index < -0.39 is 6.04 Å². The molecule has 0 aromatic carbocycles. The van der Waals surface area contributed by atoms with Gasteiger partial charge in [0.15, 0.2) is 0 Å². The average molecular weight is 285 g/mol. The summed E-state index contributed by atoms with van der Waals surface area (Å²) in [6.45, 7) is 10.8. The van der Waals surface area contributed by atoms with Crippen molar-refractivity contribution in [3.8, 4) is 0 Å². The van der Waals surface area contributed by atoms with Gasteiger partial charge in [0.2, 0.25) is 11.8 Å². The van der Waals surface area contributed by atoms with Crippen LogP contribution in [-0.4, -0.2) is 61.1 Å². The van der Waals surface area contributed by atoms with Crippen molar-refractivity contribution in [1.82, 2.24) is 15.5 Å². The Morgan fingerprint density at radius 2 is 1.85 bits per heavy atom. The SMILES string of the molecule is CC(NC(=O)CCNC(C)(C)C)C(=O)N1CCOCC1. The molecule has 1 aliphatic heterocycles. The van der Waals surface area contributed by atoms with Crippen LogP contribution in [0.4, 0.5) is 0 Å². The van der Waals surface area contributed by atoms with Crippen molar-refractivity contribution >= 4 is 11.8 Å². The van der Waals surface area contributed by atoms with Crippen molar-refractivity contribution in [2.45, 2.75) is 45.7 Å². The van der Waals surface area contributed by atoms with Crippen LogP contribution < -0.4 is 10.6 Å². The predicted octanol–water partition coefficient (Wildman–Crippen LogP) is 0.128. The van der Waals surface area contributed by atoms with Gasteiger partial charge < -0.3 is 20.3 Å². The summed E-state index contributed by atoms with van der Waals surface area (Å²) in [4.78, 5) is 25.6. The normalized spacial score (nSPS) is 17.7. The molecule has 0 saturated carbocycles. The fourth-order valence-corrected chi connectivity index (χ4v) is 1.98. The molecular weight excluding hydrogens is 258 g/mol. The number of carbonyl (C=O) groups is 2. The highest BCUT2D eigenvalue weighted by Crippen LogP contribution is 2.01. The second kappa shape index (κ2) is 7.59. The summed E-state index contributed by atoms with van der Waals surface area (Å²) in [6, 6.07) is -0.477. The van der Waals surface area contributed by atoms with Gasteiger partial charge in [0, 0.05) is 31.6 Å². The molecule has 2 amide bonds. The van der Waals surface area contributed by atoms with Crippen LogP contribution in [0.15, 0.2) is 0 Å². The number of nitrogens with one attached hydrogen (secondary N) is 2. The van der Waals surface area contributed by atoms with Gasteiger partial charge in [-0.1, -0.05) is 0 Å². The number of nitrogens with zero attached hydrogens (tertiary/aromatic N) is 1. The first-order chi connectivity index (χ1) is 9.29. The van der Waals surface area contributed by atoms with Gasteiger partial charge in [0.1, 0.15) is 6.04 Å². The Hall–Kier alpha value is -1.14. The van der Waals surface area contributed by atoms with Crippen molar-refractivity contribution in [2.75, 3.05) is 32.8 Å².